The average molecular weight is 319 g/mol. The van der Waals surface area contributed by atoms with E-state index in [-0.39, 0.29) is 12.1 Å². The first-order valence-electron chi connectivity index (χ1n) is 8.31. The van der Waals surface area contributed by atoms with E-state index in [9.17, 15) is 4.39 Å². The van der Waals surface area contributed by atoms with Crippen molar-refractivity contribution in [2.24, 2.45) is 11.8 Å². The SMILES string of the molecule is Cc1ccc(C2CCC(C3OCC(C[Si])CO3)CC2)cc1F. The molecule has 2 aliphatic rings. The van der Waals surface area contributed by atoms with Gasteiger partial charge in [-0.15, -0.1) is 0 Å². The molecule has 0 unspecified atom stereocenters. The maximum atomic E-state index is 13.7. The van der Waals surface area contributed by atoms with Crippen molar-refractivity contribution in [1.82, 2.24) is 0 Å². The fraction of sp³-hybridized carbons (Fsp3) is 0.667. The van der Waals surface area contributed by atoms with Crippen LogP contribution in [-0.2, 0) is 9.47 Å². The molecule has 0 spiro atoms. The average Bonchev–Trinajstić information content (AvgIpc) is 2.58. The lowest BCUT2D eigenvalue weighted by molar-refractivity contribution is -0.226. The minimum absolute atomic E-state index is 0.0369. The second-order valence-corrected chi connectivity index (χ2v) is 7.13. The fourth-order valence-corrected chi connectivity index (χ4v) is 3.77. The van der Waals surface area contributed by atoms with E-state index in [1.807, 2.05) is 13.0 Å². The molecule has 1 aromatic carbocycles. The van der Waals surface area contributed by atoms with Crippen LogP contribution >= 0.6 is 0 Å². The van der Waals surface area contributed by atoms with Crippen molar-refractivity contribution in [2.75, 3.05) is 13.2 Å². The van der Waals surface area contributed by atoms with Crippen molar-refractivity contribution < 1.29 is 13.9 Å². The van der Waals surface area contributed by atoms with E-state index in [1.165, 1.54) is 0 Å². The van der Waals surface area contributed by atoms with Crippen LogP contribution in [0.2, 0.25) is 6.04 Å². The molecule has 0 amide bonds. The van der Waals surface area contributed by atoms with Crippen molar-refractivity contribution in [3.8, 4) is 0 Å². The number of aryl methyl sites for hydroxylation is 1. The first-order valence-corrected chi connectivity index (χ1v) is 9.02. The molecular weight excluding hydrogens is 295 g/mol. The molecule has 1 aliphatic heterocycles. The minimum Gasteiger partial charge on any atom is -0.352 e. The van der Waals surface area contributed by atoms with Crippen molar-refractivity contribution in [3.63, 3.8) is 0 Å². The Kier molecular flexibility index (Phi) is 5.32. The summed E-state index contributed by atoms with van der Waals surface area (Å²) >= 11 is 0. The molecule has 4 heteroatoms. The van der Waals surface area contributed by atoms with E-state index in [4.69, 9.17) is 9.47 Å². The first kappa shape index (κ1) is 16.2. The van der Waals surface area contributed by atoms with Gasteiger partial charge in [0.15, 0.2) is 6.29 Å². The van der Waals surface area contributed by atoms with Crippen LogP contribution in [0, 0.1) is 24.6 Å². The molecule has 1 aromatic rings. The van der Waals surface area contributed by atoms with E-state index in [2.05, 4.69) is 16.3 Å². The molecule has 1 heterocycles. The van der Waals surface area contributed by atoms with E-state index in [0.29, 0.717) is 17.8 Å². The van der Waals surface area contributed by atoms with Crippen LogP contribution in [0.25, 0.3) is 0 Å². The number of hydrogen-bond donors (Lipinski definition) is 0. The molecule has 3 rings (SSSR count). The Hall–Kier alpha value is -0.713. The quantitative estimate of drug-likeness (QED) is 0.785. The van der Waals surface area contributed by atoms with Crippen molar-refractivity contribution in [1.29, 1.82) is 0 Å². The van der Waals surface area contributed by atoms with E-state index < -0.39 is 0 Å². The predicted molar refractivity (Wildman–Crippen MR) is 85.6 cm³/mol. The lowest BCUT2D eigenvalue weighted by Crippen LogP contribution is -2.38. The standard InChI is InChI=1S/C18H24FO2Si/c1-12-2-3-16(8-17(12)19)14-4-6-15(7-5-14)18-20-9-13(11-22)10-21-18/h2-3,8,13-15,18H,4-7,9-11H2,1H3. The van der Waals surface area contributed by atoms with Crippen LogP contribution in [-0.4, -0.2) is 29.7 Å². The first-order chi connectivity index (χ1) is 10.7. The summed E-state index contributed by atoms with van der Waals surface area (Å²) in [6.45, 7) is 3.39. The lowest BCUT2D eigenvalue weighted by atomic mass is 9.78. The maximum absolute atomic E-state index is 13.7. The molecular formula is C18H24FO2Si. The summed E-state index contributed by atoms with van der Waals surface area (Å²) in [4.78, 5) is 0. The Morgan fingerprint density at radius 3 is 2.41 bits per heavy atom. The Balaban J connectivity index is 1.53. The third-order valence-electron chi connectivity index (χ3n) is 5.11. The Morgan fingerprint density at radius 1 is 1.14 bits per heavy atom. The topological polar surface area (TPSA) is 18.5 Å². The summed E-state index contributed by atoms with van der Waals surface area (Å²) < 4.78 is 25.5. The van der Waals surface area contributed by atoms with Gasteiger partial charge in [-0.1, -0.05) is 18.2 Å². The Morgan fingerprint density at radius 2 is 1.82 bits per heavy atom. The smallest absolute Gasteiger partial charge is 0.160 e. The number of ether oxygens (including phenoxy) is 2. The highest BCUT2D eigenvalue weighted by Gasteiger charge is 2.32. The predicted octanol–water partition coefficient (Wildman–Crippen LogP) is 3.98. The van der Waals surface area contributed by atoms with Crippen LogP contribution in [0.3, 0.4) is 0 Å². The van der Waals surface area contributed by atoms with Gasteiger partial charge in [0.25, 0.3) is 0 Å². The molecule has 1 saturated heterocycles. The molecule has 0 N–H and O–H groups in total. The van der Waals surface area contributed by atoms with Gasteiger partial charge in [0.2, 0.25) is 0 Å². The minimum atomic E-state index is -0.0841. The van der Waals surface area contributed by atoms with Crippen molar-refractivity contribution in [3.05, 3.63) is 35.1 Å². The second kappa shape index (κ2) is 7.24. The van der Waals surface area contributed by atoms with Crippen molar-refractivity contribution in [2.45, 2.75) is 50.9 Å². The third kappa shape index (κ3) is 3.61. The van der Waals surface area contributed by atoms with Crippen molar-refractivity contribution >= 4 is 10.2 Å². The monoisotopic (exact) mass is 319 g/mol. The number of halogens is 1. The molecule has 0 atom stereocenters. The normalized spacial score (nSPS) is 32.9. The highest BCUT2D eigenvalue weighted by Crippen LogP contribution is 2.39. The van der Waals surface area contributed by atoms with Gasteiger partial charge in [0.05, 0.1) is 13.2 Å². The van der Waals surface area contributed by atoms with Gasteiger partial charge < -0.3 is 9.47 Å². The van der Waals surface area contributed by atoms with E-state index >= 15 is 0 Å². The van der Waals surface area contributed by atoms with Crippen LogP contribution < -0.4 is 0 Å². The number of rotatable bonds is 3. The van der Waals surface area contributed by atoms with E-state index in [0.717, 1.165) is 56.1 Å². The molecule has 0 aromatic heterocycles. The summed E-state index contributed by atoms with van der Waals surface area (Å²) in [5, 5.41) is 0. The molecule has 119 valence electrons. The number of hydrogen-bond acceptors (Lipinski definition) is 2. The molecule has 0 bridgehead atoms. The van der Waals surface area contributed by atoms with Crippen LogP contribution in [0.4, 0.5) is 4.39 Å². The molecule has 2 nitrogen and oxygen atoms in total. The highest BCUT2D eigenvalue weighted by molar-refractivity contribution is 6.08. The van der Waals surface area contributed by atoms with Gasteiger partial charge in [0, 0.05) is 22.1 Å². The van der Waals surface area contributed by atoms with Gasteiger partial charge in [-0.2, -0.15) is 0 Å². The molecule has 1 aliphatic carbocycles. The molecule has 2 fully saturated rings. The molecule has 22 heavy (non-hydrogen) atoms. The molecule has 1 saturated carbocycles. The summed E-state index contributed by atoms with van der Waals surface area (Å²) in [6, 6.07) is 6.62. The number of benzene rings is 1. The van der Waals surface area contributed by atoms with Gasteiger partial charge in [0.1, 0.15) is 5.82 Å². The summed E-state index contributed by atoms with van der Waals surface area (Å²) in [5.41, 5.74) is 1.87. The summed E-state index contributed by atoms with van der Waals surface area (Å²) in [6.07, 6.45) is 4.35. The zero-order valence-electron chi connectivity index (χ0n) is 13.2. The van der Waals surface area contributed by atoms with Gasteiger partial charge in [-0.3, -0.25) is 0 Å². The maximum Gasteiger partial charge on any atom is 0.160 e. The second-order valence-electron chi connectivity index (χ2n) is 6.73. The van der Waals surface area contributed by atoms with E-state index in [1.54, 1.807) is 6.07 Å². The lowest BCUT2D eigenvalue weighted by Gasteiger charge is -2.37. The Bertz CT molecular complexity index is 492. The Labute approximate surface area is 135 Å². The van der Waals surface area contributed by atoms with Gasteiger partial charge in [-0.05, 0) is 55.7 Å². The summed E-state index contributed by atoms with van der Waals surface area (Å²) in [5.74, 6) is 1.35. The van der Waals surface area contributed by atoms with Crippen LogP contribution in [0.5, 0.6) is 0 Å². The van der Waals surface area contributed by atoms with Gasteiger partial charge >= 0.3 is 0 Å². The fourth-order valence-electron chi connectivity index (χ4n) is 3.54. The zero-order valence-corrected chi connectivity index (χ0v) is 14.2. The molecule has 3 radical (unpaired) electrons. The largest absolute Gasteiger partial charge is 0.352 e. The third-order valence-corrected chi connectivity index (χ3v) is 5.68. The van der Waals surface area contributed by atoms with Crippen LogP contribution in [0.15, 0.2) is 18.2 Å². The summed E-state index contributed by atoms with van der Waals surface area (Å²) in [7, 11) is 3.53. The zero-order chi connectivity index (χ0) is 15.5. The highest BCUT2D eigenvalue weighted by atomic mass is 28.1. The van der Waals surface area contributed by atoms with Gasteiger partial charge in [-0.25, -0.2) is 4.39 Å². The van der Waals surface area contributed by atoms with Crippen LogP contribution in [0.1, 0.15) is 42.7 Å².